The molecule has 14 heavy (non-hydrogen) atoms. The fraction of sp³-hybridized carbons (Fsp3) is 0.364. The number of carbonyl (C=O) groups is 1. The van der Waals surface area contributed by atoms with Crippen molar-refractivity contribution >= 4 is 11.6 Å². The second-order valence-electron chi connectivity index (χ2n) is 3.72. The van der Waals surface area contributed by atoms with Crippen molar-refractivity contribution in [2.75, 3.05) is 5.73 Å². The van der Waals surface area contributed by atoms with Gasteiger partial charge in [-0.2, -0.15) is 0 Å². The van der Waals surface area contributed by atoms with Crippen molar-refractivity contribution in [1.29, 1.82) is 0 Å². The molecule has 1 rings (SSSR count). The van der Waals surface area contributed by atoms with Crippen LogP contribution < -0.4 is 11.1 Å². The molecule has 0 aromatic heterocycles. The average molecular weight is 192 g/mol. The van der Waals surface area contributed by atoms with Crippen LogP contribution in [0.5, 0.6) is 0 Å². The maximum absolute atomic E-state index is 11.6. The number of nitrogens with one attached hydrogen (secondary N) is 1. The van der Waals surface area contributed by atoms with Crippen LogP contribution in [0.25, 0.3) is 0 Å². The Kier molecular flexibility index (Phi) is 3.12. The molecule has 1 aromatic carbocycles. The quantitative estimate of drug-likeness (QED) is 0.701. The smallest absolute Gasteiger partial charge is 0.253 e. The molecule has 0 fully saturated rings. The van der Waals surface area contributed by atoms with Gasteiger partial charge in [0.25, 0.3) is 5.91 Å². The molecule has 76 valence electrons. The summed E-state index contributed by atoms with van der Waals surface area (Å²) in [6.07, 6.45) is 0. The minimum Gasteiger partial charge on any atom is -0.398 e. The number of benzene rings is 1. The van der Waals surface area contributed by atoms with E-state index in [1.165, 1.54) is 0 Å². The fourth-order valence-corrected chi connectivity index (χ4v) is 1.23. The zero-order chi connectivity index (χ0) is 10.7. The molecule has 0 atom stereocenters. The molecule has 0 bridgehead atoms. The van der Waals surface area contributed by atoms with Gasteiger partial charge in [0.1, 0.15) is 0 Å². The van der Waals surface area contributed by atoms with Crippen LogP contribution in [0.3, 0.4) is 0 Å². The van der Waals surface area contributed by atoms with E-state index in [4.69, 9.17) is 5.73 Å². The SMILES string of the molecule is Cc1ccc(C(=O)NC(C)C)c(N)c1. The standard InChI is InChI=1S/C11H16N2O/c1-7(2)13-11(14)9-5-4-8(3)6-10(9)12/h4-7H,12H2,1-3H3,(H,13,14). The van der Waals surface area contributed by atoms with Crippen molar-refractivity contribution in [3.05, 3.63) is 29.3 Å². The highest BCUT2D eigenvalue weighted by molar-refractivity contribution is 5.99. The number of nitrogens with two attached hydrogens (primary N) is 1. The molecule has 0 heterocycles. The van der Waals surface area contributed by atoms with E-state index < -0.39 is 0 Å². The van der Waals surface area contributed by atoms with Gasteiger partial charge in [-0.25, -0.2) is 0 Å². The number of aryl methyl sites for hydroxylation is 1. The van der Waals surface area contributed by atoms with Crippen LogP contribution in [0.1, 0.15) is 29.8 Å². The van der Waals surface area contributed by atoms with Gasteiger partial charge in [-0.3, -0.25) is 4.79 Å². The van der Waals surface area contributed by atoms with Gasteiger partial charge >= 0.3 is 0 Å². The van der Waals surface area contributed by atoms with E-state index in [-0.39, 0.29) is 11.9 Å². The molecule has 3 heteroatoms. The fourth-order valence-electron chi connectivity index (χ4n) is 1.23. The molecule has 3 nitrogen and oxygen atoms in total. The van der Waals surface area contributed by atoms with Crippen LogP contribution in [0.15, 0.2) is 18.2 Å². The minimum atomic E-state index is -0.113. The Bertz CT molecular complexity index is 345. The Morgan fingerprint density at radius 2 is 2.07 bits per heavy atom. The van der Waals surface area contributed by atoms with E-state index in [0.29, 0.717) is 11.3 Å². The predicted molar refractivity (Wildman–Crippen MR) is 58.2 cm³/mol. The third-order valence-electron chi connectivity index (χ3n) is 1.87. The summed E-state index contributed by atoms with van der Waals surface area (Å²) in [5.74, 6) is -0.113. The summed E-state index contributed by atoms with van der Waals surface area (Å²) >= 11 is 0. The summed E-state index contributed by atoms with van der Waals surface area (Å²) in [7, 11) is 0. The zero-order valence-electron chi connectivity index (χ0n) is 8.79. The van der Waals surface area contributed by atoms with E-state index in [9.17, 15) is 4.79 Å². The number of amides is 1. The lowest BCUT2D eigenvalue weighted by Gasteiger charge is -2.10. The Hall–Kier alpha value is -1.51. The summed E-state index contributed by atoms with van der Waals surface area (Å²) < 4.78 is 0. The molecule has 0 radical (unpaired) electrons. The van der Waals surface area contributed by atoms with Gasteiger partial charge in [0.2, 0.25) is 0 Å². The first-order valence-corrected chi connectivity index (χ1v) is 4.67. The lowest BCUT2D eigenvalue weighted by molar-refractivity contribution is 0.0944. The summed E-state index contributed by atoms with van der Waals surface area (Å²) in [4.78, 5) is 11.6. The van der Waals surface area contributed by atoms with Gasteiger partial charge in [0.15, 0.2) is 0 Å². The van der Waals surface area contributed by atoms with Crippen molar-refractivity contribution in [3.8, 4) is 0 Å². The first-order chi connectivity index (χ1) is 6.50. The van der Waals surface area contributed by atoms with Crippen LogP contribution in [0.4, 0.5) is 5.69 Å². The minimum absolute atomic E-state index is 0.113. The van der Waals surface area contributed by atoms with E-state index in [1.54, 1.807) is 12.1 Å². The maximum atomic E-state index is 11.6. The maximum Gasteiger partial charge on any atom is 0.253 e. The van der Waals surface area contributed by atoms with Crippen molar-refractivity contribution in [2.24, 2.45) is 0 Å². The molecule has 0 saturated heterocycles. The summed E-state index contributed by atoms with van der Waals surface area (Å²) in [6, 6.07) is 5.56. The lowest BCUT2D eigenvalue weighted by atomic mass is 10.1. The van der Waals surface area contributed by atoms with Crippen LogP contribution in [0.2, 0.25) is 0 Å². The molecule has 3 N–H and O–H groups in total. The Balaban J connectivity index is 2.90. The molecule has 0 saturated carbocycles. The van der Waals surface area contributed by atoms with Gasteiger partial charge < -0.3 is 11.1 Å². The van der Waals surface area contributed by atoms with Gasteiger partial charge in [-0.05, 0) is 38.5 Å². The normalized spacial score (nSPS) is 10.3. The Labute approximate surface area is 84.3 Å². The monoisotopic (exact) mass is 192 g/mol. The molecule has 1 aromatic rings. The number of nitrogen functional groups attached to an aromatic ring is 1. The highest BCUT2D eigenvalue weighted by Gasteiger charge is 2.09. The van der Waals surface area contributed by atoms with Crippen molar-refractivity contribution in [2.45, 2.75) is 26.8 Å². The largest absolute Gasteiger partial charge is 0.398 e. The zero-order valence-corrected chi connectivity index (χ0v) is 8.79. The molecule has 0 aliphatic heterocycles. The molecule has 0 aliphatic rings. The first-order valence-electron chi connectivity index (χ1n) is 4.67. The third kappa shape index (κ3) is 2.49. The lowest BCUT2D eigenvalue weighted by Crippen LogP contribution is -2.30. The number of rotatable bonds is 2. The molecule has 0 unspecified atom stereocenters. The predicted octanol–water partition coefficient (Wildman–Crippen LogP) is 1.72. The molecular formula is C11H16N2O. The van der Waals surface area contributed by atoms with E-state index in [2.05, 4.69) is 5.32 Å². The van der Waals surface area contributed by atoms with Gasteiger partial charge in [0.05, 0.1) is 5.56 Å². The molecule has 1 amide bonds. The van der Waals surface area contributed by atoms with Crippen LogP contribution in [-0.2, 0) is 0 Å². The highest BCUT2D eigenvalue weighted by atomic mass is 16.1. The topological polar surface area (TPSA) is 55.1 Å². The van der Waals surface area contributed by atoms with Crippen LogP contribution in [0, 0.1) is 6.92 Å². The number of hydrogen-bond donors (Lipinski definition) is 2. The van der Waals surface area contributed by atoms with E-state index in [0.717, 1.165) is 5.56 Å². The third-order valence-corrected chi connectivity index (χ3v) is 1.87. The Morgan fingerprint density at radius 3 is 2.57 bits per heavy atom. The molecule has 0 spiro atoms. The van der Waals surface area contributed by atoms with Crippen molar-refractivity contribution in [3.63, 3.8) is 0 Å². The van der Waals surface area contributed by atoms with Crippen LogP contribution in [-0.4, -0.2) is 11.9 Å². The van der Waals surface area contributed by atoms with Crippen molar-refractivity contribution in [1.82, 2.24) is 5.32 Å². The second-order valence-corrected chi connectivity index (χ2v) is 3.72. The van der Waals surface area contributed by atoms with E-state index in [1.807, 2.05) is 26.8 Å². The second kappa shape index (κ2) is 4.13. The first kappa shape index (κ1) is 10.6. The highest BCUT2D eigenvalue weighted by Crippen LogP contribution is 2.13. The van der Waals surface area contributed by atoms with Gasteiger partial charge in [-0.1, -0.05) is 6.07 Å². The Morgan fingerprint density at radius 1 is 1.43 bits per heavy atom. The van der Waals surface area contributed by atoms with Gasteiger partial charge in [-0.15, -0.1) is 0 Å². The summed E-state index contributed by atoms with van der Waals surface area (Å²) in [5, 5.41) is 2.80. The number of anilines is 1. The van der Waals surface area contributed by atoms with Crippen molar-refractivity contribution < 1.29 is 4.79 Å². The number of carbonyl (C=O) groups excluding carboxylic acids is 1. The average Bonchev–Trinajstić information content (AvgIpc) is 2.01. The molecular weight excluding hydrogens is 176 g/mol. The number of hydrogen-bond acceptors (Lipinski definition) is 2. The molecule has 0 aliphatic carbocycles. The van der Waals surface area contributed by atoms with Crippen LogP contribution >= 0.6 is 0 Å². The summed E-state index contributed by atoms with van der Waals surface area (Å²) in [6.45, 7) is 5.78. The summed E-state index contributed by atoms with van der Waals surface area (Å²) in [5.41, 5.74) is 7.87. The van der Waals surface area contributed by atoms with Gasteiger partial charge in [0, 0.05) is 11.7 Å². The van der Waals surface area contributed by atoms with E-state index >= 15 is 0 Å².